The Morgan fingerprint density at radius 2 is 2.04 bits per heavy atom. The third-order valence-electron chi connectivity index (χ3n) is 3.23. The lowest BCUT2D eigenvalue weighted by Gasteiger charge is -2.13. The van der Waals surface area contributed by atoms with Crippen molar-refractivity contribution in [3.8, 4) is 5.75 Å². The molecule has 0 fully saturated rings. The number of anilines is 1. The van der Waals surface area contributed by atoms with Crippen LogP contribution in [0.3, 0.4) is 0 Å². The van der Waals surface area contributed by atoms with Gasteiger partial charge < -0.3 is 10.1 Å². The molecule has 0 aromatic heterocycles. The maximum absolute atomic E-state index is 12.5. The van der Waals surface area contributed by atoms with Crippen molar-refractivity contribution in [2.24, 2.45) is 0 Å². The molecule has 2 aromatic carbocycles. The predicted octanol–water partition coefficient (Wildman–Crippen LogP) is 3.80. The van der Waals surface area contributed by atoms with Gasteiger partial charge in [0, 0.05) is 22.3 Å². The topological polar surface area (TPSA) is 93.5 Å². The zero-order chi connectivity index (χ0) is 18.6. The van der Waals surface area contributed by atoms with Crippen LogP contribution in [0, 0.1) is 17.0 Å². The summed E-state index contributed by atoms with van der Waals surface area (Å²) >= 11 is 8.44. The number of rotatable bonds is 4. The van der Waals surface area contributed by atoms with Gasteiger partial charge in [0.2, 0.25) is 0 Å². The van der Waals surface area contributed by atoms with Gasteiger partial charge in [-0.15, -0.1) is 0 Å². The average molecular weight is 424 g/mol. The number of halogens is 1. The van der Waals surface area contributed by atoms with Gasteiger partial charge in [0.1, 0.15) is 5.75 Å². The molecule has 25 heavy (non-hydrogen) atoms. The van der Waals surface area contributed by atoms with E-state index >= 15 is 0 Å². The van der Waals surface area contributed by atoms with Crippen molar-refractivity contribution in [3.05, 3.63) is 62.1 Å². The van der Waals surface area contributed by atoms with Gasteiger partial charge in [0.25, 0.3) is 11.6 Å². The van der Waals surface area contributed by atoms with Gasteiger partial charge in [-0.1, -0.05) is 22.0 Å². The van der Waals surface area contributed by atoms with Crippen LogP contribution in [0.5, 0.6) is 5.75 Å². The van der Waals surface area contributed by atoms with Crippen molar-refractivity contribution < 1.29 is 14.5 Å². The van der Waals surface area contributed by atoms with Gasteiger partial charge in [0.15, 0.2) is 5.11 Å². The summed E-state index contributed by atoms with van der Waals surface area (Å²) in [6, 6.07) is 9.26. The highest BCUT2D eigenvalue weighted by atomic mass is 79.9. The van der Waals surface area contributed by atoms with Gasteiger partial charge in [0.05, 0.1) is 17.6 Å². The number of carbonyl (C=O) groups is 1. The summed E-state index contributed by atoms with van der Waals surface area (Å²) in [5, 5.41) is 16.1. The standard InChI is InChI=1S/C16H14BrN3O4S/c1-9-6-10(17)7-13(14(9)24-2)15(21)19-16(25)18-11-4-3-5-12(8-11)20(22)23/h3-8H,1-2H3,(H2,18,19,21,25). The van der Waals surface area contributed by atoms with Crippen LogP contribution in [0.25, 0.3) is 0 Å². The Morgan fingerprint density at radius 1 is 1.32 bits per heavy atom. The van der Waals surface area contributed by atoms with E-state index in [4.69, 9.17) is 17.0 Å². The summed E-state index contributed by atoms with van der Waals surface area (Å²) in [4.78, 5) is 22.7. The summed E-state index contributed by atoms with van der Waals surface area (Å²) in [5.41, 5.74) is 1.43. The number of nitro groups is 1. The summed E-state index contributed by atoms with van der Waals surface area (Å²) in [6.45, 7) is 1.82. The van der Waals surface area contributed by atoms with E-state index in [-0.39, 0.29) is 10.8 Å². The number of benzene rings is 2. The van der Waals surface area contributed by atoms with Crippen molar-refractivity contribution >= 4 is 50.5 Å². The molecular formula is C16H14BrN3O4S. The lowest BCUT2D eigenvalue weighted by atomic mass is 10.1. The van der Waals surface area contributed by atoms with Gasteiger partial charge in [-0.2, -0.15) is 0 Å². The van der Waals surface area contributed by atoms with Crippen LogP contribution < -0.4 is 15.4 Å². The number of ether oxygens (including phenoxy) is 1. The fourth-order valence-electron chi connectivity index (χ4n) is 2.20. The smallest absolute Gasteiger partial charge is 0.271 e. The Kier molecular flexibility index (Phi) is 6.05. The summed E-state index contributed by atoms with van der Waals surface area (Å²) in [6.07, 6.45) is 0. The second-order valence-electron chi connectivity index (χ2n) is 5.02. The molecule has 9 heteroatoms. The van der Waals surface area contributed by atoms with Gasteiger partial charge in [-0.3, -0.25) is 20.2 Å². The van der Waals surface area contributed by atoms with Crippen molar-refractivity contribution in [2.75, 3.05) is 12.4 Å². The second-order valence-corrected chi connectivity index (χ2v) is 6.34. The highest BCUT2D eigenvalue weighted by Gasteiger charge is 2.17. The fraction of sp³-hybridized carbons (Fsp3) is 0.125. The molecule has 0 unspecified atom stereocenters. The minimum atomic E-state index is -0.512. The van der Waals surface area contributed by atoms with Gasteiger partial charge >= 0.3 is 0 Å². The fourth-order valence-corrected chi connectivity index (χ4v) is 2.98. The van der Waals surface area contributed by atoms with Crippen LogP contribution >= 0.6 is 28.1 Å². The maximum Gasteiger partial charge on any atom is 0.271 e. The highest BCUT2D eigenvalue weighted by Crippen LogP contribution is 2.27. The first kappa shape index (κ1) is 18.8. The van der Waals surface area contributed by atoms with E-state index in [1.54, 1.807) is 12.1 Å². The van der Waals surface area contributed by atoms with E-state index < -0.39 is 10.8 Å². The summed E-state index contributed by atoms with van der Waals surface area (Å²) in [5.74, 6) is -0.0111. The molecule has 0 aliphatic heterocycles. The molecule has 0 aliphatic rings. The molecule has 0 saturated heterocycles. The van der Waals surface area contributed by atoms with Crippen LogP contribution in [0.15, 0.2) is 40.9 Å². The quantitative estimate of drug-likeness (QED) is 0.441. The average Bonchev–Trinajstić information content (AvgIpc) is 2.54. The molecule has 0 aliphatic carbocycles. The van der Waals surface area contributed by atoms with E-state index in [0.29, 0.717) is 17.0 Å². The molecule has 0 bridgehead atoms. The summed E-state index contributed by atoms with van der Waals surface area (Å²) < 4.78 is 6.00. The minimum Gasteiger partial charge on any atom is -0.496 e. The molecule has 130 valence electrons. The number of thiocarbonyl (C=S) groups is 1. The van der Waals surface area contributed by atoms with Crippen LogP contribution in [-0.2, 0) is 0 Å². The number of nitrogens with zero attached hydrogens (tertiary/aromatic N) is 1. The maximum atomic E-state index is 12.5. The third kappa shape index (κ3) is 4.74. The second kappa shape index (κ2) is 8.04. The molecule has 7 nitrogen and oxygen atoms in total. The molecule has 0 saturated carbocycles. The first-order valence-electron chi connectivity index (χ1n) is 7.02. The molecule has 0 spiro atoms. The normalized spacial score (nSPS) is 10.0. The Balaban J connectivity index is 2.15. The van der Waals surface area contributed by atoms with Crippen LogP contribution in [0.1, 0.15) is 15.9 Å². The van der Waals surface area contributed by atoms with Crippen LogP contribution in [0.4, 0.5) is 11.4 Å². The number of carbonyl (C=O) groups excluding carboxylic acids is 1. The minimum absolute atomic E-state index is 0.0187. The van der Waals surface area contributed by atoms with E-state index in [2.05, 4.69) is 26.6 Å². The molecule has 0 atom stereocenters. The van der Waals surface area contributed by atoms with Gasteiger partial charge in [-0.05, 0) is 42.9 Å². The highest BCUT2D eigenvalue weighted by molar-refractivity contribution is 9.10. The first-order valence-corrected chi connectivity index (χ1v) is 8.23. The zero-order valence-electron chi connectivity index (χ0n) is 13.3. The number of methoxy groups -OCH3 is 1. The van der Waals surface area contributed by atoms with Crippen molar-refractivity contribution in [1.29, 1.82) is 0 Å². The number of nitrogens with one attached hydrogen (secondary N) is 2. The van der Waals surface area contributed by atoms with Crippen molar-refractivity contribution in [3.63, 3.8) is 0 Å². The van der Waals surface area contributed by atoms with Crippen LogP contribution in [0.2, 0.25) is 0 Å². The van der Waals surface area contributed by atoms with Crippen molar-refractivity contribution in [1.82, 2.24) is 5.32 Å². The molecule has 2 rings (SSSR count). The number of non-ortho nitro benzene ring substituents is 1. The van der Waals surface area contributed by atoms with Gasteiger partial charge in [-0.25, -0.2) is 0 Å². The lowest BCUT2D eigenvalue weighted by molar-refractivity contribution is -0.384. The molecule has 2 aromatic rings. The first-order chi connectivity index (χ1) is 11.8. The van der Waals surface area contributed by atoms with E-state index in [1.165, 1.54) is 25.3 Å². The monoisotopic (exact) mass is 423 g/mol. The number of hydrogen-bond donors (Lipinski definition) is 2. The Morgan fingerprint density at radius 3 is 2.68 bits per heavy atom. The predicted molar refractivity (Wildman–Crippen MR) is 102 cm³/mol. The summed E-state index contributed by atoms with van der Waals surface area (Å²) in [7, 11) is 1.48. The number of hydrogen-bond acceptors (Lipinski definition) is 5. The Labute approximate surface area is 157 Å². The largest absolute Gasteiger partial charge is 0.496 e. The van der Waals surface area contributed by atoms with Crippen LogP contribution in [-0.4, -0.2) is 23.1 Å². The molecule has 0 radical (unpaired) electrons. The molecule has 2 N–H and O–H groups in total. The number of amides is 1. The number of nitro benzene ring substituents is 1. The van der Waals surface area contributed by atoms with E-state index in [0.717, 1.165) is 10.0 Å². The van der Waals surface area contributed by atoms with E-state index in [9.17, 15) is 14.9 Å². The Hall–Kier alpha value is -2.52. The zero-order valence-corrected chi connectivity index (χ0v) is 15.7. The molecule has 1 amide bonds. The van der Waals surface area contributed by atoms with Crippen molar-refractivity contribution in [2.45, 2.75) is 6.92 Å². The lowest BCUT2D eigenvalue weighted by Crippen LogP contribution is -2.34. The SMILES string of the molecule is COc1c(C)cc(Br)cc1C(=O)NC(=S)Nc1cccc([N+](=O)[O-])c1. The number of aryl methyl sites for hydroxylation is 1. The third-order valence-corrected chi connectivity index (χ3v) is 3.89. The molecular weight excluding hydrogens is 410 g/mol. The molecule has 0 heterocycles. The van der Waals surface area contributed by atoms with E-state index in [1.807, 2.05) is 13.0 Å². The Bertz CT molecular complexity index is 857.